The van der Waals surface area contributed by atoms with E-state index >= 15 is 0 Å². The normalized spacial score (nSPS) is 20.6. The van der Waals surface area contributed by atoms with Gasteiger partial charge >= 0.3 is 0 Å². The minimum absolute atomic E-state index is 0.0855. The molecule has 5 nitrogen and oxygen atoms in total. The fraction of sp³-hybridized carbons (Fsp3) is 0.500. The van der Waals surface area contributed by atoms with E-state index in [2.05, 4.69) is 53.3 Å². The van der Waals surface area contributed by atoms with Crippen LogP contribution >= 0.6 is 0 Å². The van der Waals surface area contributed by atoms with Crippen molar-refractivity contribution in [3.63, 3.8) is 0 Å². The third-order valence-electron chi connectivity index (χ3n) is 6.23. The fourth-order valence-electron chi connectivity index (χ4n) is 4.37. The molecule has 1 amide bonds. The third kappa shape index (κ3) is 4.89. The number of benzene rings is 1. The highest BCUT2D eigenvalue weighted by molar-refractivity contribution is 5.95. The first kappa shape index (κ1) is 19.7. The number of amides is 1. The Hall–Kier alpha value is -2.56. The van der Waals surface area contributed by atoms with Crippen LogP contribution in [0.25, 0.3) is 0 Å². The van der Waals surface area contributed by atoms with Crippen LogP contribution in [0, 0.1) is 11.8 Å². The number of carbonyl (C=O) groups is 1. The highest BCUT2D eigenvalue weighted by Crippen LogP contribution is 2.26. The smallest absolute Gasteiger partial charge is 0.255 e. The van der Waals surface area contributed by atoms with Crippen LogP contribution in [-0.2, 0) is 0 Å². The van der Waals surface area contributed by atoms with E-state index in [-0.39, 0.29) is 5.91 Å². The van der Waals surface area contributed by atoms with Gasteiger partial charge in [-0.25, -0.2) is 0 Å². The van der Waals surface area contributed by atoms with Crippen molar-refractivity contribution >= 4 is 23.0 Å². The number of likely N-dealkylation sites (tertiary alicyclic amines) is 1. The summed E-state index contributed by atoms with van der Waals surface area (Å²) in [6.45, 7) is 8.51. The SMILES string of the molecule is CC1CCN(c2ccc(Nc3cncc(C(=O)N4CCCC(C)C4)c3)cc2)CC1. The molecule has 29 heavy (non-hydrogen) atoms. The van der Waals surface area contributed by atoms with Gasteiger partial charge in [-0.2, -0.15) is 0 Å². The lowest BCUT2D eigenvalue weighted by Gasteiger charge is -2.32. The number of aromatic nitrogens is 1. The van der Waals surface area contributed by atoms with Gasteiger partial charge in [0.15, 0.2) is 0 Å². The summed E-state index contributed by atoms with van der Waals surface area (Å²) in [5, 5.41) is 3.40. The summed E-state index contributed by atoms with van der Waals surface area (Å²) in [5.74, 6) is 1.49. The van der Waals surface area contributed by atoms with Crippen molar-refractivity contribution in [2.45, 2.75) is 39.5 Å². The van der Waals surface area contributed by atoms with Crippen LogP contribution in [-0.4, -0.2) is 42.0 Å². The fourth-order valence-corrected chi connectivity index (χ4v) is 4.37. The highest BCUT2D eigenvalue weighted by atomic mass is 16.2. The van der Waals surface area contributed by atoms with Crippen molar-refractivity contribution in [3.8, 4) is 0 Å². The van der Waals surface area contributed by atoms with Crippen LogP contribution in [0.4, 0.5) is 17.1 Å². The molecule has 1 aromatic heterocycles. The maximum absolute atomic E-state index is 12.8. The monoisotopic (exact) mass is 392 g/mol. The maximum Gasteiger partial charge on any atom is 0.255 e. The molecule has 5 heteroatoms. The average molecular weight is 393 g/mol. The Morgan fingerprint density at radius 1 is 0.966 bits per heavy atom. The van der Waals surface area contributed by atoms with Gasteiger partial charge in [0.2, 0.25) is 0 Å². The lowest BCUT2D eigenvalue weighted by Crippen LogP contribution is -2.39. The summed E-state index contributed by atoms with van der Waals surface area (Å²) in [5.41, 5.74) is 3.80. The van der Waals surface area contributed by atoms with Crippen molar-refractivity contribution in [1.29, 1.82) is 0 Å². The molecule has 2 fully saturated rings. The molecule has 2 aliphatic rings. The van der Waals surface area contributed by atoms with Gasteiger partial charge < -0.3 is 15.1 Å². The second-order valence-corrected chi connectivity index (χ2v) is 8.80. The molecule has 0 spiro atoms. The largest absolute Gasteiger partial charge is 0.372 e. The number of pyridine rings is 1. The summed E-state index contributed by atoms with van der Waals surface area (Å²) in [4.78, 5) is 21.6. The van der Waals surface area contributed by atoms with E-state index in [0.717, 1.165) is 49.9 Å². The zero-order chi connectivity index (χ0) is 20.2. The van der Waals surface area contributed by atoms with E-state index < -0.39 is 0 Å². The topological polar surface area (TPSA) is 48.5 Å². The average Bonchev–Trinajstić information content (AvgIpc) is 2.75. The molecular weight excluding hydrogens is 360 g/mol. The molecule has 4 rings (SSSR count). The van der Waals surface area contributed by atoms with E-state index in [0.29, 0.717) is 11.5 Å². The lowest BCUT2D eigenvalue weighted by molar-refractivity contribution is 0.0682. The molecule has 2 aliphatic heterocycles. The Labute approximate surface area is 174 Å². The predicted molar refractivity (Wildman–Crippen MR) is 119 cm³/mol. The first-order valence-corrected chi connectivity index (χ1v) is 10.9. The number of hydrogen-bond donors (Lipinski definition) is 1. The van der Waals surface area contributed by atoms with E-state index in [9.17, 15) is 4.79 Å². The van der Waals surface area contributed by atoms with Crippen LogP contribution < -0.4 is 10.2 Å². The van der Waals surface area contributed by atoms with Crippen LogP contribution in [0.15, 0.2) is 42.7 Å². The second kappa shape index (κ2) is 8.85. The van der Waals surface area contributed by atoms with E-state index in [4.69, 9.17) is 0 Å². The van der Waals surface area contributed by atoms with Gasteiger partial charge in [-0.15, -0.1) is 0 Å². The van der Waals surface area contributed by atoms with E-state index in [1.54, 1.807) is 12.4 Å². The summed E-state index contributed by atoms with van der Waals surface area (Å²) in [6.07, 6.45) is 8.27. The molecule has 154 valence electrons. The summed E-state index contributed by atoms with van der Waals surface area (Å²) in [6, 6.07) is 10.5. The summed E-state index contributed by atoms with van der Waals surface area (Å²) >= 11 is 0. The highest BCUT2D eigenvalue weighted by Gasteiger charge is 2.22. The molecule has 0 aliphatic carbocycles. The van der Waals surface area contributed by atoms with Gasteiger partial charge in [0.1, 0.15) is 0 Å². The molecule has 1 aromatic carbocycles. The number of piperidine rings is 2. The first-order valence-electron chi connectivity index (χ1n) is 10.9. The lowest BCUT2D eigenvalue weighted by atomic mass is 9.99. The van der Waals surface area contributed by atoms with E-state index in [1.807, 2.05) is 11.0 Å². The molecule has 2 aromatic rings. The van der Waals surface area contributed by atoms with Crippen molar-refractivity contribution in [3.05, 3.63) is 48.3 Å². The van der Waals surface area contributed by atoms with Crippen molar-refractivity contribution in [1.82, 2.24) is 9.88 Å². The molecule has 1 atom stereocenters. The first-order chi connectivity index (χ1) is 14.1. The third-order valence-corrected chi connectivity index (χ3v) is 6.23. The standard InChI is InChI=1S/C24H32N4O/c1-18-9-12-27(13-10-18)23-7-5-21(6-8-23)26-22-14-20(15-25-16-22)24(29)28-11-3-4-19(2)17-28/h5-8,14-16,18-19,26H,3-4,9-13,17H2,1-2H3. The molecule has 3 heterocycles. The number of hydrogen-bond acceptors (Lipinski definition) is 4. The Morgan fingerprint density at radius 3 is 2.45 bits per heavy atom. The molecule has 2 saturated heterocycles. The Balaban J connectivity index is 1.40. The van der Waals surface area contributed by atoms with Gasteiger partial charge in [0.05, 0.1) is 17.4 Å². The van der Waals surface area contributed by atoms with Crippen LogP contribution in [0.1, 0.15) is 49.9 Å². The Morgan fingerprint density at radius 2 is 1.72 bits per heavy atom. The number of carbonyl (C=O) groups excluding carboxylic acids is 1. The zero-order valence-corrected chi connectivity index (χ0v) is 17.6. The molecule has 0 saturated carbocycles. The number of nitrogens with zero attached hydrogens (tertiary/aromatic N) is 3. The van der Waals surface area contributed by atoms with Crippen molar-refractivity contribution < 1.29 is 4.79 Å². The number of rotatable bonds is 4. The predicted octanol–water partition coefficient (Wildman–Crippen LogP) is 4.93. The Bertz CT molecular complexity index is 827. The van der Waals surface area contributed by atoms with Gasteiger partial charge in [0, 0.05) is 43.8 Å². The zero-order valence-electron chi connectivity index (χ0n) is 17.6. The maximum atomic E-state index is 12.8. The Kier molecular flexibility index (Phi) is 6.02. The molecule has 0 bridgehead atoms. The molecule has 1 N–H and O–H groups in total. The van der Waals surface area contributed by atoms with Crippen molar-refractivity contribution in [2.24, 2.45) is 11.8 Å². The van der Waals surface area contributed by atoms with Gasteiger partial charge in [-0.1, -0.05) is 13.8 Å². The minimum Gasteiger partial charge on any atom is -0.372 e. The van der Waals surface area contributed by atoms with E-state index in [1.165, 1.54) is 24.9 Å². The quantitative estimate of drug-likeness (QED) is 0.801. The molecule has 1 unspecified atom stereocenters. The van der Waals surface area contributed by atoms with Gasteiger partial charge in [-0.3, -0.25) is 9.78 Å². The minimum atomic E-state index is 0.0855. The van der Waals surface area contributed by atoms with Crippen molar-refractivity contribution in [2.75, 3.05) is 36.4 Å². The number of anilines is 3. The summed E-state index contributed by atoms with van der Waals surface area (Å²) < 4.78 is 0. The second-order valence-electron chi connectivity index (χ2n) is 8.80. The summed E-state index contributed by atoms with van der Waals surface area (Å²) in [7, 11) is 0. The van der Waals surface area contributed by atoms with Crippen LogP contribution in [0.5, 0.6) is 0 Å². The molecular formula is C24H32N4O. The van der Waals surface area contributed by atoms with Crippen LogP contribution in [0.2, 0.25) is 0 Å². The van der Waals surface area contributed by atoms with Gasteiger partial charge in [0.25, 0.3) is 5.91 Å². The molecule has 0 radical (unpaired) electrons. The number of nitrogens with one attached hydrogen (secondary N) is 1. The van der Waals surface area contributed by atoms with Gasteiger partial charge in [-0.05, 0) is 67.9 Å². The van der Waals surface area contributed by atoms with Crippen LogP contribution in [0.3, 0.4) is 0 Å².